The molecule has 1 atom stereocenters. The van der Waals surface area contributed by atoms with E-state index >= 15 is 0 Å². The van der Waals surface area contributed by atoms with Crippen LogP contribution in [-0.4, -0.2) is 23.9 Å². The van der Waals surface area contributed by atoms with Gasteiger partial charge in [0.2, 0.25) is 5.91 Å². The number of amides is 1. The number of hydrogen-bond donors (Lipinski definition) is 0. The molecule has 1 aliphatic rings. The second-order valence-electron chi connectivity index (χ2n) is 5.02. The third-order valence-corrected chi connectivity index (χ3v) is 3.49. The van der Waals surface area contributed by atoms with E-state index in [9.17, 15) is 18.0 Å². The van der Waals surface area contributed by atoms with Crippen molar-refractivity contribution in [3.05, 3.63) is 54.1 Å². The second kappa shape index (κ2) is 6.16. The van der Waals surface area contributed by atoms with Gasteiger partial charge in [0.25, 0.3) is 0 Å². The average Bonchev–Trinajstić information content (AvgIpc) is 2.92. The highest BCUT2D eigenvalue weighted by Gasteiger charge is 2.30. The highest BCUT2D eigenvalue weighted by atomic mass is 19.4. The number of carbonyl (C=O) groups is 1. The first-order chi connectivity index (χ1) is 9.90. The zero-order chi connectivity index (χ0) is 15.5. The van der Waals surface area contributed by atoms with Gasteiger partial charge in [-0.05, 0) is 36.1 Å². The van der Waals surface area contributed by atoms with Gasteiger partial charge in [-0.25, -0.2) is 0 Å². The Kier molecular flexibility index (Phi) is 4.50. The van der Waals surface area contributed by atoms with E-state index in [1.165, 1.54) is 12.1 Å². The lowest BCUT2D eigenvalue weighted by Crippen LogP contribution is -2.26. The molecule has 1 aliphatic heterocycles. The number of likely N-dealkylation sites (tertiary alicyclic amines) is 1. The van der Waals surface area contributed by atoms with Crippen molar-refractivity contribution in [2.75, 3.05) is 13.1 Å². The van der Waals surface area contributed by atoms with Gasteiger partial charge >= 0.3 is 6.18 Å². The summed E-state index contributed by atoms with van der Waals surface area (Å²) in [4.78, 5) is 13.1. The first-order valence-corrected chi connectivity index (χ1v) is 6.67. The Morgan fingerprint density at radius 3 is 2.81 bits per heavy atom. The summed E-state index contributed by atoms with van der Waals surface area (Å²) in [5, 5.41) is 0. The topological polar surface area (TPSA) is 20.3 Å². The fourth-order valence-electron chi connectivity index (χ4n) is 2.34. The molecule has 1 unspecified atom stereocenters. The average molecular weight is 295 g/mol. The number of carbonyl (C=O) groups excluding carboxylic acids is 1. The Morgan fingerprint density at radius 1 is 1.38 bits per heavy atom. The van der Waals surface area contributed by atoms with Crippen LogP contribution in [0.1, 0.15) is 17.5 Å². The van der Waals surface area contributed by atoms with E-state index in [1.807, 2.05) is 6.08 Å². The molecule has 0 radical (unpaired) electrons. The van der Waals surface area contributed by atoms with E-state index < -0.39 is 11.7 Å². The third-order valence-electron chi connectivity index (χ3n) is 3.49. The maximum Gasteiger partial charge on any atom is 0.416 e. The van der Waals surface area contributed by atoms with Gasteiger partial charge in [0.05, 0.1) is 5.56 Å². The molecule has 0 spiro atoms. The summed E-state index contributed by atoms with van der Waals surface area (Å²) in [5.41, 5.74) is -0.141. The first kappa shape index (κ1) is 15.4. The van der Waals surface area contributed by atoms with Crippen LogP contribution in [0.2, 0.25) is 0 Å². The predicted molar refractivity (Wildman–Crippen MR) is 75.4 cm³/mol. The monoisotopic (exact) mass is 295 g/mol. The van der Waals surface area contributed by atoms with Gasteiger partial charge < -0.3 is 4.90 Å². The lowest BCUT2D eigenvalue weighted by atomic mass is 10.1. The summed E-state index contributed by atoms with van der Waals surface area (Å²) in [6.07, 6.45) is 1.31. The Hall–Kier alpha value is -2.04. The van der Waals surface area contributed by atoms with Gasteiger partial charge in [0.1, 0.15) is 0 Å². The van der Waals surface area contributed by atoms with Crippen molar-refractivity contribution in [2.24, 2.45) is 5.92 Å². The van der Waals surface area contributed by atoms with Crippen molar-refractivity contribution in [3.8, 4) is 0 Å². The van der Waals surface area contributed by atoms with Crippen molar-refractivity contribution in [2.45, 2.75) is 12.6 Å². The van der Waals surface area contributed by atoms with Crippen molar-refractivity contribution in [1.29, 1.82) is 0 Å². The molecule has 5 heteroatoms. The van der Waals surface area contributed by atoms with Crippen LogP contribution in [-0.2, 0) is 11.0 Å². The van der Waals surface area contributed by atoms with Gasteiger partial charge in [-0.3, -0.25) is 4.79 Å². The predicted octanol–water partition coefficient (Wildman–Crippen LogP) is 3.75. The van der Waals surface area contributed by atoms with Gasteiger partial charge in [-0.2, -0.15) is 13.2 Å². The maximum absolute atomic E-state index is 12.6. The zero-order valence-electron chi connectivity index (χ0n) is 11.4. The lowest BCUT2D eigenvalue weighted by Gasteiger charge is -2.12. The molecular weight excluding hydrogens is 279 g/mol. The number of alkyl halides is 3. The van der Waals surface area contributed by atoms with Gasteiger partial charge in [0, 0.05) is 13.1 Å². The van der Waals surface area contributed by atoms with Crippen LogP contribution >= 0.6 is 0 Å². The third kappa shape index (κ3) is 3.97. The van der Waals surface area contributed by atoms with Crippen LogP contribution in [0.3, 0.4) is 0 Å². The van der Waals surface area contributed by atoms with Gasteiger partial charge in [-0.1, -0.05) is 30.9 Å². The molecular formula is C16H16F3NO. The summed E-state index contributed by atoms with van der Waals surface area (Å²) < 4.78 is 37.8. The van der Waals surface area contributed by atoms with Crippen molar-refractivity contribution < 1.29 is 18.0 Å². The fraction of sp³-hybridized carbons (Fsp3) is 0.312. The van der Waals surface area contributed by atoms with Crippen LogP contribution in [0, 0.1) is 5.92 Å². The van der Waals surface area contributed by atoms with E-state index in [0.29, 0.717) is 18.7 Å². The normalized spacial score (nSPS) is 19.2. The van der Waals surface area contributed by atoms with Crippen LogP contribution in [0.5, 0.6) is 0 Å². The molecule has 2 rings (SSSR count). The minimum Gasteiger partial charge on any atom is -0.339 e. The molecule has 0 saturated carbocycles. The number of benzene rings is 1. The van der Waals surface area contributed by atoms with E-state index in [0.717, 1.165) is 18.6 Å². The number of rotatable bonds is 3. The summed E-state index contributed by atoms with van der Waals surface area (Å²) in [5.74, 6) is 0.0633. The molecule has 1 heterocycles. The Morgan fingerprint density at radius 2 is 2.14 bits per heavy atom. The first-order valence-electron chi connectivity index (χ1n) is 6.67. The van der Waals surface area contributed by atoms with E-state index in [2.05, 4.69) is 6.58 Å². The molecule has 0 aromatic heterocycles. The zero-order valence-corrected chi connectivity index (χ0v) is 11.4. The van der Waals surface area contributed by atoms with E-state index in [1.54, 1.807) is 17.0 Å². The van der Waals surface area contributed by atoms with Crippen LogP contribution < -0.4 is 0 Å². The van der Waals surface area contributed by atoms with E-state index in [4.69, 9.17) is 0 Å². The van der Waals surface area contributed by atoms with Crippen molar-refractivity contribution in [1.82, 2.24) is 4.90 Å². The molecule has 21 heavy (non-hydrogen) atoms. The summed E-state index contributed by atoms with van der Waals surface area (Å²) in [6, 6.07) is 5.20. The highest BCUT2D eigenvalue weighted by Crippen LogP contribution is 2.30. The molecule has 1 amide bonds. The summed E-state index contributed by atoms with van der Waals surface area (Å²) in [6.45, 7) is 4.68. The molecule has 112 valence electrons. The van der Waals surface area contributed by atoms with Gasteiger partial charge in [0.15, 0.2) is 0 Å². The molecule has 0 bridgehead atoms. The highest BCUT2D eigenvalue weighted by molar-refractivity contribution is 5.87. The van der Waals surface area contributed by atoms with Crippen molar-refractivity contribution >= 4 is 12.0 Å². The van der Waals surface area contributed by atoms with Crippen molar-refractivity contribution in [3.63, 3.8) is 0 Å². The SMILES string of the molecule is C=CC(=O)N1CCC(C=Cc2cccc(C(F)(F)F)c2)C1. The molecule has 0 N–H and O–H groups in total. The second-order valence-corrected chi connectivity index (χ2v) is 5.02. The minimum absolute atomic E-state index is 0.107. The standard InChI is InChI=1S/C16H16F3NO/c1-2-15(21)20-9-8-13(11-20)7-6-12-4-3-5-14(10-12)16(17,18)19/h2-7,10,13H,1,8-9,11H2. The Bertz CT molecular complexity index is 563. The smallest absolute Gasteiger partial charge is 0.339 e. The van der Waals surface area contributed by atoms with E-state index in [-0.39, 0.29) is 11.8 Å². The fourth-order valence-corrected chi connectivity index (χ4v) is 2.34. The largest absolute Gasteiger partial charge is 0.416 e. The molecule has 0 aliphatic carbocycles. The number of hydrogen-bond acceptors (Lipinski definition) is 1. The molecule has 1 aromatic carbocycles. The summed E-state index contributed by atoms with van der Waals surface area (Å²) >= 11 is 0. The summed E-state index contributed by atoms with van der Waals surface area (Å²) in [7, 11) is 0. The quantitative estimate of drug-likeness (QED) is 0.778. The maximum atomic E-state index is 12.6. The van der Waals surface area contributed by atoms with Crippen LogP contribution in [0.4, 0.5) is 13.2 Å². The number of halogens is 3. The minimum atomic E-state index is -4.33. The molecule has 1 fully saturated rings. The van der Waals surface area contributed by atoms with Crippen LogP contribution in [0.25, 0.3) is 6.08 Å². The number of nitrogens with zero attached hydrogens (tertiary/aromatic N) is 1. The Balaban J connectivity index is 2.02. The molecule has 2 nitrogen and oxygen atoms in total. The Labute approximate surface area is 121 Å². The van der Waals surface area contributed by atoms with Gasteiger partial charge in [-0.15, -0.1) is 0 Å². The molecule has 1 saturated heterocycles. The van der Waals surface area contributed by atoms with Crippen LogP contribution in [0.15, 0.2) is 43.0 Å². The lowest BCUT2D eigenvalue weighted by molar-refractivity contribution is -0.137. The molecule has 1 aromatic rings.